The summed E-state index contributed by atoms with van der Waals surface area (Å²) in [7, 11) is 0. The number of carboxylic acid groups (broad SMARTS) is 1. The molecule has 4 rings (SSSR count). The SMILES string of the molecule is Nc1nccc2oc(CNC(=O)[C@@H]3CCCN3[C@H](Cc3ccccc3)NCC(=O)O)cc12. The number of furan rings is 1. The summed E-state index contributed by atoms with van der Waals surface area (Å²) in [4.78, 5) is 30.3. The number of likely N-dealkylation sites (tertiary alicyclic amines) is 1. The van der Waals surface area contributed by atoms with Gasteiger partial charge in [-0.1, -0.05) is 30.3 Å². The molecular formula is C23H27N5O4. The number of nitrogens with zero attached hydrogens (tertiary/aromatic N) is 2. The van der Waals surface area contributed by atoms with Crippen LogP contribution in [0.25, 0.3) is 11.0 Å². The van der Waals surface area contributed by atoms with E-state index in [0.717, 1.165) is 23.9 Å². The lowest BCUT2D eigenvalue weighted by Gasteiger charge is -2.33. The molecule has 0 radical (unpaired) electrons. The van der Waals surface area contributed by atoms with Crippen molar-refractivity contribution in [1.82, 2.24) is 20.5 Å². The number of carbonyl (C=O) groups is 2. The van der Waals surface area contributed by atoms with E-state index in [1.54, 1.807) is 18.3 Å². The normalized spacial score (nSPS) is 17.4. The summed E-state index contributed by atoms with van der Waals surface area (Å²) in [6, 6.07) is 13.0. The van der Waals surface area contributed by atoms with Crippen LogP contribution in [0.3, 0.4) is 0 Å². The minimum atomic E-state index is -0.929. The predicted octanol–water partition coefficient (Wildman–Crippen LogP) is 1.73. The molecule has 5 N–H and O–H groups in total. The van der Waals surface area contributed by atoms with Crippen LogP contribution in [0, 0.1) is 0 Å². The Labute approximate surface area is 185 Å². The number of nitrogens with one attached hydrogen (secondary N) is 2. The Hall–Kier alpha value is -3.43. The second-order valence-corrected chi connectivity index (χ2v) is 7.91. The van der Waals surface area contributed by atoms with Crippen molar-refractivity contribution < 1.29 is 19.1 Å². The zero-order valence-electron chi connectivity index (χ0n) is 17.7. The lowest BCUT2D eigenvalue weighted by molar-refractivity contribution is -0.136. The van der Waals surface area contributed by atoms with Gasteiger partial charge in [0.2, 0.25) is 5.91 Å². The number of hydrogen-bond acceptors (Lipinski definition) is 7. The quantitative estimate of drug-likeness (QED) is 0.398. The highest BCUT2D eigenvalue weighted by Crippen LogP contribution is 2.24. The number of nitrogen functional groups attached to an aromatic ring is 1. The number of rotatable bonds is 9. The lowest BCUT2D eigenvalue weighted by Crippen LogP contribution is -2.54. The molecule has 3 heterocycles. The average molecular weight is 438 g/mol. The predicted molar refractivity (Wildman–Crippen MR) is 120 cm³/mol. The first kappa shape index (κ1) is 21.8. The molecule has 1 amide bonds. The van der Waals surface area contributed by atoms with Crippen molar-refractivity contribution in [3.63, 3.8) is 0 Å². The Morgan fingerprint density at radius 2 is 2.09 bits per heavy atom. The van der Waals surface area contributed by atoms with Gasteiger partial charge in [-0.3, -0.25) is 19.8 Å². The Bertz CT molecular complexity index is 1080. The second kappa shape index (κ2) is 9.80. The third kappa shape index (κ3) is 5.06. The maximum Gasteiger partial charge on any atom is 0.317 e. The van der Waals surface area contributed by atoms with Gasteiger partial charge in [-0.15, -0.1) is 0 Å². The molecule has 32 heavy (non-hydrogen) atoms. The largest absolute Gasteiger partial charge is 0.480 e. The van der Waals surface area contributed by atoms with E-state index < -0.39 is 5.97 Å². The zero-order chi connectivity index (χ0) is 22.5. The number of anilines is 1. The van der Waals surface area contributed by atoms with Crippen molar-refractivity contribution in [1.29, 1.82) is 0 Å². The number of nitrogens with two attached hydrogens (primary N) is 1. The summed E-state index contributed by atoms with van der Waals surface area (Å²) >= 11 is 0. The van der Waals surface area contributed by atoms with Crippen LogP contribution >= 0.6 is 0 Å². The summed E-state index contributed by atoms with van der Waals surface area (Å²) in [5.74, 6) is -0.0485. The number of pyridine rings is 1. The van der Waals surface area contributed by atoms with Gasteiger partial charge in [0.25, 0.3) is 0 Å². The van der Waals surface area contributed by atoms with Crippen molar-refractivity contribution in [3.05, 3.63) is 60.0 Å². The van der Waals surface area contributed by atoms with Gasteiger partial charge in [0, 0.05) is 19.2 Å². The number of carboxylic acids is 1. The van der Waals surface area contributed by atoms with Crippen LogP contribution in [-0.2, 0) is 22.6 Å². The summed E-state index contributed by atoms with van der Waals surface area (Å²) in [5.41, 5.74) is 7.58. The van der Waals surface area contributed by atoms with Crippen molar-refractivity contribution in [2.45, 2.75) is 38.0 Å². The van der Waals surface area contributed by atoms with Crippen LogP contribution in [0.15, 0.2) is 53.1 Å². The molecule has 0 aliphatic carbocycles. The van der Waals surface area contributed by atoms with Crippen LogP contribution in [-0.4, -0.2) is 52.2 Å². The highest BCUT2D eigenvalue weighted by Gasteiger charge is 2.35. The molecule has 0 spiro atoms. The molecule has 0 unspecified atom stereocenters. The Morgan fingerprint density at radius 1 is 1.28 bits per heavy atom. The van der Waals surface area contributed by atoms with E-state index in [1.165, 1.54) is 0 Å². The minimum absolute atomic E-state index is 0.107. The third-order valence-electron chi connectivity index (χ3n) is 5.72. The maximum atomic E-state index is 13.0. The fourth-order valence-electron chi connectivity index (χ4n) is 4.21. The number of aromatic nitrogens is 1. The van der Waals surface area contributed by atoms with Gasteiger partial charge in [-0.2, -0.15) is 0 Å². The molecule has 1 fully saturated rings. The monoisotopic (exact) mass is 437 g/mol. The van der Waals surface area contributed by atoms with Crippen molar-refractivity contribution >= 4 is 28.7 Å². The van der Waals surface area contributed by atoms with Crippen LogP contribution in [0.4, 0.5) is 5.82 Å². The van der Waals surface area contributed by atoms with E-state index in [4.69, 9.17) is 15.3 Å². The van der Waals surface area contributed by atoms with E-state index >= 15 is 0 Å². The molecule has 1 aliphatic heterocycles. The topological polar surface area (TPSA) is 134 Å². The van der Waals surface area contributed by atoms with Crippen LogP contribution in [0.1, 0.15) is 24.2 Å². The molecule has 1 aliphatic rings. The Balaban J connectivity index is 1.43. The van der Waals surface area contributed by atoms with E-state index in [-0.39, 0.29) is 31.2 Å². The van der Waals surface area contributed by atoms with Crippen molar-refractivity contribution in [3.8, 4) is 0 Å². The van der Waals surface area contributed by atoms with Gasteiger partial charge >= 0.3 is 5.97 Å². The van der Waals surface area contributed by atoms with E-state index in [1.807, 2.05) is 30.3 Å². The molecule has 9 nitrogen and oxygen atoms in total. The molecule has 2 aromatic heterocycles. The minimum Gasteiger partial charge on any atom is -0.480 e. The first-order valence-electron chi connectivity index (χ1n) is 10.7. The van der Waals surface area contributed by atoms with E-state index in [9.17, 15) is 9.59 Å². The van der Waals surface area contributed by atoms with Gasteiger partial charge in [0.05, 0.1) is 30.7 Å². The number of hydrogen-bond donors (Lipinski definition) is 4. The van der Waals surface area contributed by atoms with Crippen LogP contribution in [0.2, 0.25) is 0 Å². The van der Waals surface area contributed by atoms with Crippen molar-refractivity contribution in [2.24, 2.45) is 0 Å². The van der Waals surface area contributed by atoms with Gasteiger partial charge in [0.1, 0.15) is 17.2 Å². The number of carbonyl (C=O) groups excluding carboxylic acids is 1. The summed E-state index contributed by atoms with van der Waals surface area (Å²) < 4.78 is 5.75. The molecular weight excluding hydrogens is 410 g/mol. The van der Waals surface area contributed by atoms with E-state index in [0.29, 0.717) is 30.0 Å². The zero-order valence-corrected chi connectivity index (χ0v) is 17.7. The number of benzene rings is 1. The summed E-state index contributed by atoms with van der Waals surface area (Å²) in [6.45, 7) is 0.787. The maximum absolute atomic E-state index is 13.0. The molecule has 1 aromatic carbocycles. The van der Waals surface area contributed by atoms with Gasteiger partial charge in [-0.05, 0) is 30.5 Å². The number of aliphatic carboxylic acids is 1. The van der Waals surface area contributed by atoms with E-state index in [2.05, 4.69) is 20.5 Å². The molecule has 0 bridgehead atoms. The average Bonchev–Trinajstić information content (AvgIpc) is 3.43. The summed E-state index contributed by atoms with van der Waals surface area (Å²) in [5, 5.41) is 15.9. The van der Waals surface area contributed by atoms with Crippen LogP contribution < -0.4 is 16.4 Å². The first-order chi connectivity index (χ1) is 15.5. The molecule has 1 saturated heterocycles. The smallest absolute Gasteiger partial charge is 0.317 e. The number of amides is 1. The Kier molecular flexibility index (Phi) is 6.67. The lowest BCUT2D eigenvalue weighted by atomic mass is 10.1. The second-order valence-electron chi connectivity index (χ2n) is 7.91. The fraction of sp³-hybridized carbons (Fsp3) is 0.348. The third-order valence-corrected chi connectivity index (χ3v) is 5.72. The van der Waals surface area contributed by atoms with Gasteiger partial charge in [-0.25, -0.2) is 4.98 Å². The Morgan fingerprint density at radius 3 is 2.84 bits per heavy atom. The molecule has 0 saturated carbocycles. The van der Waals surface area contributed by atoms with Crippen molar-refractivity contribution in [2.75, 3.05) is 18.8 Å². The standard InChI is InChI=1S/C23H27N5O4/c24-22-17-12-16(32-19(17)8-9-25-22)13-27-23(31)18-7-4-10-28(18)20(26-14-21(29)30)11-15-5-2-1-3-6-15/h1-3,5-6,8-9,12,18,20,26H,4,7,10-11,13-14H2,(H2,24,25)(H,27,31)(H,29,30)/t18-,20+/m0/s1. The van der Waals surface area contributed by atoms with Gasteiger partial charge in [0.15, 0.2) is 0 Å². The molecule has 2 atom stereocenters. The highest BCUT2D eigenvalue weighted by molar-refractivity contribution is 5.87. The summed E-state index contributed by atoms with van der Waals surface area (Å²) in [6.07, 6.45) is 3.50. The molecule has 168 valence electrons. The molecule has 9 heteroatoms. The first-order valence-corrected chi connectivity index (χ1v) is 10.7. The van der Waals surface area contributed by atoms with Crippen LogP contribution in [0.5, 0.6) is 0 Å². The highest BCUT2D eigenvalue weighted by atomic mass is 16.4. The van der Waals surface area contributed by atoms with Gasteiger partial charge < -0.3 is 20.6 Å². The number of fused-ring (bicyclic) bond motifs is 1. The fourth-order valence-corrected chi connectivity index (χ4v) is 4.21. The molecule has 3 aromatic rings.